The van der Waals surface area contributed by atoms with E-state index >= 15 is 0 Å². The van der Waals surface area contributed by atoms with Crippen LogP contribution in [0.4, 0.5) is 17.1 Å². The molecule has 5 aromatic rings. The number of carbonyl (C=O) groups excluding carboxylic acids is 2. The number of anilines is 3. The lowest BCUT2D eigenvalue weighted by molar-refractivity contribution is -0.127. The summed E-state index contributed by atoms with van der Waals surface area (Å²) in [7, 11) is 0. The maximum atomic E-state index is 12.1. The average Bonchev–Trinajstić information content (AvgIpc) is 3.19. The summed E-state index contributed by atoms with van der Waals surface area (Å²) in [4.78, 5) is 40.5. The normalized spacial score (nSPS) is 16.2. The van der Waals surface area contributed by atoms with Crippen LogP contribution in [0.25, 0.3) is 22.3 Å². The van der Waals surface area contributed by atoms with Crippen molar-refractivity contribution in [2.24, 2.45) is 0 Å². The van der Waals surface area contributed by atoms with Crippen LogP contribution in [0, 0.1) is 0 Å². The van der Waals surface area contributed by atoms with E-state index in [-0.39, 0.29) is 23.4 Å². The summed E-state index contributed by atoms with van der Waals surface area (Å²) in [5.74, 6) is -0.316. The molecule has 4 heterocycles. The summed E-state index contributed by atoms with van der Waals surface area (Å²) in [6.45, 7) is 6.77. The molecule has 11 heteroatoms. The van der Waals surface area contributed by atoms with Crippen molar-refractivity contribution in [3.05, 3.63) is 138 Å². The molecule has 3 aliphatic rings. The number of halogens is 2. The molecule has 1 N–H and O–H groups in total. The topological polar surface area (TPSA) is 84.9 Å². The minimum absolute atomic E-state index is 0.0504. The Kier molecular flexibility index (Phi) is 11.0. The zero-order valence-corrected chi connectivity index (χ0v) is 30.2. The van der Waals surface area contributed by atoms with E-state index in [1.54, 1.807) is 12.4 Å². The van der Waals surface area contributed by atoms with E-state index in [2.05, 4.69) is 132 Å². The molecular weight excluding hydrogens is 693 g/mol. The van der Waals surface area contributed by atoms with Gasteiger partial charge in [0.05, 0.1) is 24.0 Å². The molecule has 8 rings (SSSR count). The second-order valence-electron chi connectivity index (χ2n) is 12.8. The Hall–Kier alpha value is -5.38. The summed E-state index contributed by atoms with van der Waals surface area (Å²) >= 11 is 12.0. The number of allylic oxidation sites excluding steroid dienone is 1. The molecule has 0 bridgehead atoms. The van der Waals surface area contributed by atoms with Gasteiger partial charge in [-0.15, -0.1) is 0 Å². The van der Waals surface area contributed by atoms with Gasteiger partial charge in [-0.2, -0.15) is 0 Å². The highest BCUT2D eigenvalue weighted by atomic mass is 35.5. The van der Waals surface area contributed by atoms with Crippen molar-refractivity contribution in [1.82, 2.24) is 20.2 Å². The van der Waals surface area contributed by atoms with Crippen LogP contribution < -0.4 is 20.0 Å². The molecule has 1 amide bonds. The number of nitrogens with one attached hydrogen (secondary N) is 1. The van der Waals surface area contributed by atoms with Crippen LogP contribution in [0.1, 0.15) is 6.42 Å². The number of aromatic nitrogens is 2. The van der Waals surface area contributed by atoms with Gasteiger partial charge in [-0.1, -0.05) is 96.5 Å². The third kappa shape index (κ3) is 8.39. The smallest absolute Gasteiger partial charge is 0.231 e. The molecule has 52 heavy (non-hydrogen) atoms. The van der Waals surface area contributed by atoms with Gasteiger partial charge in [0.15, 0.2) is 10.9 Å². The molecule has 9 nitrogen and oxygen atoms in total. The van der Waals surface area contributed by atoms with Gasteiger partial charge >= 0.3 is 0 Å². The maximum absolute atomic E-state index is 12.1. The van der Waals surface area contributed by atoms with Gasteiger partial charge in [-0.3, -0.25) is 9.59 Å². The third-order valence-electron chi connectivity index (χ3n) is 9.55. The van der Waals surface area contributed by atoms with Crippen LogP contribution >= 0.6 is 23.2 Å². The van der Waals surface area contributed by atoms with Crippen molar-refractivity contribution in [1.29, 1.82) is 0 Å². The molecule has 0 atom stereocenters. The molecule has 264 valence electrons. The van der Waals surface area contributed by atoms with Gasteiger partial charge in [0.25, 0.3) is 0 Å². The lowest BCUT2D eigenvalue weighted by atomic mass is 10.0. The summed E-state index contributed by atoms with van der Waals surface area (Å²) in [5.41, 5.74) is 8.79. The van der Waals surface area contributed by atoms with Crippen LogP contribution in [0.3, 0.4) is 0 Å². The SMILES string of the molecule is Clc1ncc(N2CCN(c3cccc(-c4ccccc4)c3)CC2)c(Cl)n1.O=C1CC(=O)C(N2CCN(c3cccc(-c4ccccc4)c3)CC2)=CN1. The van der Waals surface area contributed by atoms with Gasteiger partial charge in [-0.05, 0) is 58.1 Å². The second-order valence-corrected chi connectivity index (χ2v) is 13.5. The Morgan fingerprint density at radius 2 is 1.04 bits per heavy atom. The van der Waals surface area contributed by atoms with E-state index in [4.69, 9.17) is 23.2 Å². The Labute approximate surface area is 314 Å². The van der Waals surface area contributed by atoms with Crippen LogP contribution in [0.5, 0.6) is 0 Å². The fourth-order valence-electron chi connectivity index (χ4n) is 6.77. The molecule has 0 aliphatic carbocycles. The van der Waals surface area contributed by atoms with Crippen molar-refractivity contribution < 1.29 is 9.59 Å². The fraction of sp³-hybridized carbons (Fsp3) is 0.220. The van der Waals surface area contributed by atoms with E-state index < -0.39 is 0 Å². The molecule has 2 fully saturated rings. The number of benzene rings is 4. The first kappa shape index (κ1) is 35.0. The van der Waals surface area contributed by atoms with Crippen molar-refractivity contribution in [3.8, 4) is 22.3 Å². The van der Waals surface area contributed by atoms with Gasteiger partial charge in [-0.25, -0.2) is 9.97 Å². The van der Waals surface area contributed by atoms with Crippen LogP contribution in [-0.2, 0) is 9.59 Å². The van der Waals surface area contributed by atoms with Crippen molar-refractivity contribution >= 4 is 52.0 Å². The second kappa shape index (κ2) is 16.3. The van der Waals surface area contributed by atoms with Crippen LogP contribution in [0.2, 0.25) is 10.4 Å². The van der Waals surface area contributed by atoms with Crippen molar-refractivity contribution in [2.75, 3.05) is 67.1 Å². The zero-order chi connectivity index (χ0) is 35.9. The molecular formula is C41H39Cl2N7O2. The monoisotopic (exact) mass is 731 g/mol. The van der Waals surface area contributed by atoms with Crippen molar-refractivity contribution in [2.45, 2.75) is 6.42 Å². The quantitative estimate of drug-likeness (QED) is 0.112. The Morgan fingerprint density at radius 1 is 0.558 bits per heavy atom. The zero-order valence-electron chi connectivity index (χ0n) is 28.7. The number of amides is 1. The summed E-state index contributed by atoms with van der Waals surface area (Å²) in [6.07, 6.45) is 3.20. The molecule has 4 aromatic carbocycles. The minimum atomic E-state index is -0.227. The van der Waals surface area contributed by atoms with Gasteiger partial charge < -0.3 is 24.9 Å². The molecule has 0 radical (unpaired) electrons. The first-order valence-electron chi connectivity index (χ1n) is 17.4. The summed E-state index contributed by atoms with van der Waals surface area (Å²) < 4.78 is 0. The minimum Gasteiger partial charge on any atom is -0.368 e. The third-order valence-corrected chi connectivity index (χ3v) is 10.0. The van der Waals surface area contributed by atoms with Gasteiger partial charge in [0.2, 0.25) is 11.2 Å². The van der Waals surface area contributed by atoms with E-state index in [0.29, 0.717) is 10.9 Å². The van der Waals surface area contributed by atoms with E-state index in [9.17, 15) is 9.59 Å². The largest absolute Gasteiger partial charge is 0.368 e. The molecule has 3 aliphatic heterocycles. The predicted molar refractivity (Wildman–Crippen MR) is 210 cm³/mol. The molecule has 2 saturated heterocycles. The number of carbonyl (C=O) groups is 2. The number of hydrogen-bond acceptors (Lipinski definition) is 8. The number of Topliss-reactive ketones (excluding diaryl/α,β-unsaturated/α-hetero) is 1. The Bertz CT molecular complexity index is 2050. The molecule has 0 spiro atoms. The molecule has 0 saturated carbocycles. The number of rotatable bonds is 6. The maximum Gasteiger partial charge on any atom is 0.231 e. The Morgan fingerprint density at radius 3 is 1.54 bits per heavy atom. The highest BCUT2D eigenvalue weighted by Gasteiger charge is 2.27. The average molecular weight is 733 g/mol. The molecule has 1 aromatic heterocycles. The number of nitrogens with zero attached hydrogens (tertiary/aromatic N) is 6. The molecule has 0 unspecified atom stereocenters. The first-order chi connectivity index (χ1) is 25.4. The van der Waals surface area contributed by atoms with Crippen LogP contribution in [0.15, 0.2) is 127 Å². The number of ketones is 1. The van der Waals surface area contributed by atoms with E-state index in [1.165, 1.54) is 33.6 Å². The van der Waals surface area contributed by atoms with E-state index in [1.807, 2.05) is 12.1 Å². The fourth-order valence-corrected chi connectivity index (χ4v) is 7.19. The van der Waals surface area contributed by atoms with Gasteiger partial charge in [0.1, 0.15) is 0 Å². The van der Waals surface area contributed by atoms with Crippen molar-refractivity contribution in [3.63, 3.8) is 0 Å². The first-order valence-corrected chi connectivity index (χ1v) is 18.2. The Balaban J connectivity index is 0.000000162. The standard InChI is InChI=1S/C21H21N3O2.C20H18Cl2N4/c25-20-14-21(26)22-15-19(20)24-11-9-23(10-12-24)18-8-4-7-17(13-18)16-5-2-1-3-6-16;21-19-18(14-23-20(22)24-19)26-11-9-25(10-12-26)17-8-4-7-16(13-17)15-5-2-1-3-6-15/h1-8,13,15H,9-12,14H2,(H,22,26);1-8,13-14H,9-12H2. The van der Waals surface area contributed by atoms with Gasteiger partial charge in [0, 0.05) is 69.9 Å². The number of piperazine rings is 2. The number of hydrogen-bond donors (Lipinski definition) is 1. The van der Waals surface area contributed by atoms with Crippen LogP contribution in [-0.4, -0.2) is 78.9 Å². The highest BCUT2D eigenvalue weighted by molar-refractivity contribution is 6.33. The highest BCUT2D eigenvalue weighted by Crippen LogP contribution is 2.29. The lowest BCUT2D eigenvalue weighted by Crippen LogP contribution is -2.48. The summed E-state index contributed by atoms with van der Waals surface area (Å²) in [5, 5.41) is 3.23. The summed E-state index contributed by atoms with van der Waals surface area (Å²) in [6, 6.07) is 38.1. The lowest BCUT2D eigenvalue weighted by Gasteiger charge is -2.38. The predicted octanol–water partition coefficient (Wildman–Crippen LogP) is 7.18. The van der Waals surface area contributed by atoms with E-state index in [0.717, 1.165) is 58.0 Å².